The maximum Gasteiger partial charge on any atom is 0.250 e. The summed E-state index contributed by atoms with van der Waals surface area (Å²) >= 11 is 0. The van der Waals surface area contributed by atoms with Crippen molar-refractivity contribution < 1.29 is 4.43 Å². The lowest BCUT2D eigenvalue weighted by Crippen LogP contribution is -2.43. The van der Waals surface area contributed by atoms with Crippen LogP contribution in [0.5, 0.6) is 5.75 Å². The van der Waals surface area contributed by atoms with Gasteiger partial charge in [-0.3, -0.25) is 0 Å². The van der Waals surface area contributed by atoms with Crippen molar-refractivity contribution in [3.63, 3.8) is 0 Å². The molecule has 1 aliphatic rings. The van der Waals surface area contributed by atoms with Crippen molar-refractivity contribution >= 4 is 8.32 Å². The van der Waals surface area contributed by atoms with Gasteiger partial charge in [-0.1, -0.05) is 56.7 Å². The molecular formula is C19H29NOSi. The highest BCUT2D eigenvalue weighted by Gasteiger charge is 2.39. The Balaban J connectivity index is 2.18. The van der Waals surface area contributed by atoms with Gasteiger partial charge in [0.1, 0.15) is 5.75 Å². The molecule has 0 amide bonds. The van der Waals surface area contributed by atoms with E-state index in [1.165, 1.54) is 5.57 Å². The molecule has 1 aromatic carbocycles. The van der Waals surface area contributed by atoms with Gasteiger partial charge in [0, 0.05) is 0 Å². The highest BCUT2D eigenvalue weighted by atomic mass is 28.4. The standard InChI is InChI=1S/C19H29NOSi/c1-15-8-7-13-19(20,14-15)16-9-11-17(12-10-16)21-22(5,6)18(2,3)4/h7-13H,14,20H2,1-6H3. The summed E-state index contributed by atoms with van der Waals surface area (Å²) in [5.41, 5.74) is 8.61. The lowest BCUT2D eigenvalue weighted by molar-refractivity contribution is 0.490. The molecule has 0 aromatic heterocycles. The molecule has 120 valence electrons. The molecule has 1 unspecified atom stereocenters. The van der Waals surface area contributed by atoms with Crippen LogP contribution in [-0.2, 0) is 5.54 Å². The minimum absolute atomic E-state index is 0.203. The highest BCUT2D eigenvalue weighted by Crippen LogP contribution is 2.38. The molecule has 1 aromatic rings. The van der Waals surface area contributed by atoms with Crippen LogP contribution in [0.1, 0.15) is 39.7 Å². The van der Waals surface area contributed by atoms with E-state index in [9.17, 15) is 0 Å². The Labute approximate surface area is 136 Å². The van der Waals surface area contributed by atoms with Crippen molar-refractivity contribution in [3.8, 4) is 5.75 Å². The monoisotopic (exact) mass is 315 g/mol. The quantitative estimate of drug-likeness (QED) is 0.785. The molecule has 0 saturated heterocycles. The lowest BCUT2D eigenvalue weighted by Gasteiger charge is -2.36. The van der Waals surface area contributed by atoms with Crippen LogP contribution in [0.25, 0.3) is 0 Å². The fourth-order valence-electron chi connectivity index (χ4n) is 2.44. The number of hydrogen-bond donors (Lipinski definition) is 1. The van der Waals surface area contributed by atoms with Crippen LogP contribution in [0.15, 0.2) is 48.1 Å². The smallest absolute Gasteiger partial charge is 0.250 e. The average Bonchev–Trinajstić information content (AvgIpc) is 2.37. The van der Waals surface area contributed by atoms with Crippen molar-refractivity contribution in [2.24, 2.45) is 5.73 Å². The van der Waals surface area contributed by atoms with Crippen LogP contribution in [0.2, 0.25) is 18.1 Å². The normalized spacial score (nSPS) is 22.4. The van der Waals surface area contributed by atoms with E-state index in [1.807, 2.05) is 0 Å². The second-order valence-corrected chi connectivity index (χ2v) is 12.7. The first kappa shape index (κ1) is 17.0. The predicted molar refractivity (Wildman–Crippen MR) is 97.6 cm³/mol. The first-order chi connectivity index (χ1) is 10.0. The molecule has 0 bridgehead atoms. The fourth-order valence-corrected chi connectivity index (χ4v) is 3.47. The molecule has 0 heterocycles. The summed E-state index contributed by atoms with van der Waals surface area (Å²) in [6.07, 6.45) is 7.13. The van der Waals surface area contributed by atoms with Gasteiger partial charge in [-0.05, 0) is 49.2 Å². The van der Waals surface area contributed by atoms with Gasteiger partial charge < -0.3 is 10.2 Å². The number of rotatable bonds is 3. The Morgan fingerprint density at radius 2 is 1.73 bits per heavy atom. The van der Waals surface area contributed by atoms with Gasteiger partial charge in [-0.2, -0.15) is 0 Å². The molecule has 1 atom stereocenters. The van der Waals surface area contributed by atoms with Gasteiger partial charge in [-0.15, -0.1) is 0 Å². The van der Waals surface area contributed by atoms with E-state index in [2.05, 4.69) is 83.3 Å². The Bertz CT molecular complexity index is 593. The Hall–Kier alpha value is -1.32. The van der Waals surface area contributed by atoms with Crippen molar-refractivity contribution in [1.29, 1.82) is 0 Å². The lowest BCUT2D eigenvalue weighted by atomic mass is 9.82. The zero-order chi connectivity index (χ0) is 16.6. The Kier molecular flexibility index (Phi) is 4.42. The van der Waals surface area contributed by atoms with E-state index >= 15 is 0 Å². The molecule has 0 radical (unpaired) electrons. The predicted octanol–water partition coefficient (Wildman–Crippen LogP) is 5.13. The average molecular weight is 316 g/mol. The van der Waals surface area contributed by atoms with Crippen LogP contribution < -0.4 is 10.2 Å². The van der Waals surface area contributed by atoms with E-state index in [4.69, 9.17) is 10.2 Å². The summed E-state index contributed by atoms with van der Waals surface area (Å²) in [6, 6.07) is 8.33. The van der Waals surface area contributed by atoms with Crippen LogP contribution in [0, 0.1) is 0 Å². The maximum atomic E-state index is 6.56. The molecule has 0 saturated carbocycles. The van der Waals surface area contributed by atoms with Crippen molar-refractivity contribution in [3.05, 3.63) is 53.6 Å². The summed E-state index contributed by atoms with van der Waals surface area (Å²) in [5.74, 6) is 0.950. The number of allylic oxidation sites excluding steroid dienone is 2. The summed E-state index contributed by atoms with van der Waals surface area (Å²) in [4.78, 5) is 0. The van der Waals surface area contributed by atoms with Crippen molar-refractivity contribution in [1.82, 2.24) is 0 Å². The summed E-state index contributed by atoms with van der Waals surface area (Å²) < 4.78 is 6.33. The molecule has 2 nitrogen and oxygen atoms in total. The molecule has 0 spiro atoms. The molecule has 2 rings (SSSR count). The first-order valence-electron chi connectivity index (χ1n) is 7.97. The van der Waals surface area contributed by atoms with Gasteiger partial charge in [0.2, 0.25) is 8.32 Å². The summed E-state index contributed by atoms with van der Waals surface area (Å²) in [5, 5.41) is 0.203. The van der Waals surface area contributed by atoms with E-state index < -0.39 is 13.9 Å². The number of hydrogen-bond acceptors (Lipinski definition) is 2. The maximum absolute atomic E-state index is 6.56. The summed E-state index contributed by atoms with van der Waals surface area (Å²) in [6.45, 7) is 13.4. The van der Waals surface area contributed by atoms with Crippen LogP contribution in [0.4, 0.5) is 0 Å². The van der Waals surface area contributed by atoms with Gasteiger partial charge in [0.15, 0.2) is 0 Å². The van der Waals surface area contributed by atoms with Gasteiger partial charge in [0.25, 0.3) is 0 Å². The second-order valence-electron chi connectivity index (χ2n) is 7.98. The third-order valence-corrected chi connectivity index (χ3v) is 9.28. The van der Waals surface area contributed by atoms with Gasteiger partial charge >= 0.3 is 0 Å². The highest BCUT2D eigenvalue weighted by molar-refractivity contribution is 6.74. The molecule has 2 N–H and O–H groups in total. The van der Waals surface area contributed by atoms with E-state index in [0.29, 0.717) is 0 Å². The van der Waals surface area contributed by atoms with E-state index in [-0.39, 0.29) is 5.04 Å². The zero-order valence-corrected chi connectivity index (χ0v) is 15.7. The van der Waals surface area contributed by atoms with E-state index in [0.717, 1.165) is 17.7 Å². The van der Waals surface area contributed by atoms with Crippen LogP contribution in [-0.4, -0.2) is 8.32 Å². The molecule has 0 fully saturated rings. The molecular weight excluding hydrogens is 286 g/mol. The largest absolute Gasteiger partial charge is 0.544 e. The topological polar surface area (TPSA) is 35.2 Å². The van der Waals surface area contributed by atoms with Crippen LogP contribution in [0.3, 0.4) is 0 Å². The second kappa shape index (κ2) is 5.71. The third-order valence-electron chi connectivity index (χ3n) is 4.92. The fraction of sp³-hybridized carbons (Fsp3) is 0.474. The Morgan fingerprint density at radius 1 is 1.14 bits per heavy atom. The first-order valence-corrected chi connectivity index (χ1v) is 10.9. The number of benzene rings is 1. The molecule has 1 aliphatic carbocycles. The van der Waals surface area contributed by atoms with Crippen molar-refractivity contribution in [2.75, 3.05) is 0 Å². The van der Waals surface area contributed by atoms with E-state index in [1.54, 1.807) is 0 Å². The van der Waals surface area contributed by atoms with Gasteiger partial charge in [-0.25, -0.2) is 0 Å². The van der Waals surface area contributed by atoms with Crippen molar-refractivity contribution in [2.45, 2.75) is 57.8 Å². The SMILES string of the molecule is CC1=CC=CC(N)(c2ccc(O[Si](C)(C)C(C)(C)C)cc2)C1. The zero-order valence-electron chi connectivity index (χ0n) is 14.7. The summed E-state index contributed by atoms with van der Waals surface area (Å²) in [7, 11) is -1.79. The molecule has 0 aliphatic heterocycles. The third kappa shape index (κ3) is 3.53. The molecule has 22 heavy (non-hydrogen) atoms. The minimum Gasteiger partial charge on any atom is -0.544 e. The number of nitrogens with two attached hydrogens (primary N) is 1. The Morgan fingerprint density at radius 3 is 2.23 bits per heavy atom. The molecule has 3 heteroatoms. The van der Waals surface area contributed by atoms with Gasteiger partial charge in [0.05, 0.1) is 5.54 Å². The van der Waals surface area contributed by atoms with Crippen LogP contribution >= 0.6 is 0 Å². The minimum atomic E-state index is -1.79.